The molecule has 0 heterocycles. The summed E-state index contributed by atoms with van der Waals surface area (Å²) in [5, 5.41) is 11.0. The van der Waals surface area contributed by atoms with Crippen LogP contribution in [0.1, 0.15) is 22.8 Å². The van der Waals surface area contributed by atoms with Gasteiger partial charge in [-0.15, -0.1) is 0 Å². The minimum Gasteiger partial charge on any atom is -0.490 e. The lowest BCUT2D eigenvalue weighted by atomic mass is 10.1. The molecule has 0 spiro atoms. The second-order valence-corrected chi connectivity index (χ2v) is 4.75. The molecule has 0 aliphatic heterocycles. The van der Waals surface area contributed by atoms with Gasteiger partial charge < -0.3 is 9.47 Å². The summed E-state index contributed by atoms with van der Waals surface area (Å²) in [5.41, 5.74) is 0.345. The van der Waals surface area contributed by atoms with E-state index >= 15 is 0 Å². The van der Waals surface area contributed by atoms with Crippen LogP contribution >= 0.6 is 0 Å². The molecule has 0 saturated heterocycles. The van der Waals surface area contributed by atoms with Gasteiger partial charge in [-0.1, -0.05) is 6.07 Å². The molecule has 2 aromatic carbocycles. The molecule has 0 atom stereocenters. The van der Waals surface area contributed by atoms with Crippen LogP contribution in [0.2, 0.25) is 0 Å². The maximum absolute atomic E-state index is 13.7. The minimum atomic E-state index is -0.671. The van der Waals surface area contributed by atoms with Crippen LogP contribution in [0.25, 0.3) is 0 Å². The average Bonchev–Trinajstić information content (AvgIpc) is 2.52. The average molecular weight is 319 g/mol. The third-order valence-corrected chi connectivity index (χ3v) is 3.17. The van der Waals surface area contributed by atoms with Gasteiger partial charge in [0.05, 0.1) is 17.6 Å². The second kappa shape index (κ2) is 6.87. The van der Waals surface area contributed by atoms with Gasteiger partial charge in [-0.05, 0) is 30.7 Å². The summed E-state index contributed by atoms with van der Waals surface area (Å²) < 4.78 is 24.0. The second-order valence-electron chi connectivity index (χ2n) is 4.75. The van der Waals surface area contributed by atoms with Gasteiger partial charge >= 0.3 is 5.69 Å². The number of carbonyl (C=O) groups excluding carboxylic acids is 1. The van der Waals surface area contributed by atoms with Crippen molar-refractivity contribution >= 4 is 11.5 Å². The van der Waals surface area contributed by atoms with Crippen LogP contribution in [0.3, 0.4) is 0 Å². The summed E-state index contributed by atoms with van der Waals surface area (Å²) in [6, 6.07) is 8.33. The van der Waals surface area contributed by atoms with Crippen molar-refractivity contribution < 1.29 is 23.6 Å². The normalized spacial score (nSPS) is 10.2. The predicted octanol–water partition coefficient (Wildman–Crippen LogP) is 3.52. The molecule has 0 N–H and O–H groups in total. The van der Waals surface area contributed by atoms with E-state index in [1.165, 1.54) is 38.3 Å². The summed E-state index contributed by atoms with van der Waals surface area (Å²) >= 11 is 0. The number of hydrogen-bond acceptors (Lipinski definition) is 5. The maximum atomic E-state index is 13.7. The molecular formula is C16H14FNO5. The van der Waals surface area contributed by atoms with E-state index in [9.17, 15) is 19.3 Å². The predicted molar refractivity (Wildman–Crippen MR) is 80.4 cm³/mol. The van der Waals surface area contributed by atoms with Crippen LogP contribution < -0.4 is 9.47 Å². The number of nitro benzene ring substituents is 1. The van der Waals surface area contributed by atoms with Gasteiger partial charge in [-0.2, -0.15) is 0 Å². The largest absolute Gasteiger partial charge is 0.490 e. The Morgan fingerprint density at radius 1 is 1.26 bits per heavy atom. The number of carbonyl (C=O) groups is 1. The van der Waals surface area contributed by atoms with E-state index in [4.69, 9.17) is 9.47 Å². The van der Waals surface area contributed by atoms with Crippen molar-refractivity contribution in [2.45, 2.75) is 13.5 Å². The molecule has 2 rings (SSSR count). The Labute approximate surface area is 131 Å². The Hall–Kier alpha value is -2.96. The molecule has 0 amide bonds. The number of ketones is 1. The fraction of sp³-hybridized carbons (Fsp3) is 0.188. The lowest BCUT2D eigenvalue weighted by molar-refractivity contribution is -0.385. The first-order valence-electron chi connectivity index (χ1n) is 6.67. The van der Waals surface area contributed by atoms with Crippen molar-refractivity contribution in [1.82, 2.24) is 0 Å². The van der Waals surface area contributed by atoms with Crippen molar-refractivity contribution in [3.63, 3.8) is 0 Å². The van der Waals surface area contributed by atoms with Crippen LogP contribution in [-0.4, -0.2) is 17.8 Å². The zero-order valence-electron chi connectivity index (χ0n) is 12.5. The van der Waals surface area contributed by atoms with E-state index in [0.29, 0.717) is 5.56 Å². The van der Waals surface area contributed by atoms with Gasteiger partial charge in [-0.3, -0.25) is 14.9 Å². The molecule has 0 saturated carbocycles. The minimum absolute atomic E-state index is 0.0163. The third kappa shape index (κ3) is 3.82. The number of halogens is 1. The molecular weight excluding hydrogens is 305 g/mol. The Morgan fingerprint density at radius 2 is 2.00 bits per heavy atom. The first kappa shape index (κ1) is 16.4. The number of nitrogens with zero attached hydrogens (tertiary/aromatic N) is 1. The lowest BCUT2D eigenvalue weighted by Crippen LogP contribution is -2.01. The van der Waals surface area contributed by atoms with E-state index in [1.54, 1.807) is 6.07 Å². The number of hydrogen-bond donors (Lipinski definition) is 0. The number of nitro groups is 1. The maximum Gasteiger partial charge on any atom is 0.311 e. The summed E-state index contributed by atoms with van der Waals surface area (Å²) in [6.45, 7) is 1.29. The summed E-state index contributed by atoms with van der Waals surface area (Å²) in [4.78, 5) is 21.6. The highest BCUT2D eigenvalue weighted by Crippen LogP contribution is 2.28. The lowest BCUT2D eigenvalue weighted by Gasteiger charge is -2.08. The smallest absolute Gasteiger partial charge is 0.311 e. The van der Waals surface area contributed by atoms with Crippen molar-refractivity contribution in [3.8, 4) is 11.5 Å². The molecule has 7 heteroatoms. The fourth-order valence-corrected chi connectivity index (χ4v) is 2.01. The van der Waals surface area contributed by atoms with Gasteiger partial charge in [0, 0.05) is 12.1 Å². The number of ether oxygens (including phenoxy) is 2. The first-order valence-corrected chi connectivity index (χ1v) is 6.67. The standard InChI is InChI=1S/C16H14FNO5/c1-10(19)13-5-4-12(8-14(13)17)23-9-11-3-6-16(22-2)15(7-11)18(20)21/h3-8H,9H2,1-2H3. The summed E-state index contributed by atoms with van der Waals surface area (Å²) in [6.07, 6.45) is 0. The Morgan fingerprint density at radius 3 is 2.57 bits per heavy atom. The summed E-state index contributed by atoms with van der Waals surface area (Å²) in [7, 11) is 1.35. The van der Waals surface area contributed by atoms with Crippen molar-refractivity contribution in [1.29, 1.82) is 0 Å². The van der Waals surface area contributed by atoms with Gasteiger partial charge in [0.2, 0.25) is 0 Å². The highest BCUT2D eigenvalue weighted by molar-refractivity contribution is 5.94. The van der Waals surface area contributed by atoms with E-state index < -0.39 is 10.7 Å². The summed E-state index contributed by atoms with van der Waals surface area (Å²) in [5.74, 6) is -0.669. The topological polar surface area (TPSA) is 78.7 Å². The Bertz CT molecular complexity index is 760. The highest BCUT2D eigenvalue weighted by atomic mass is 19.1. The van der Waals surface area contributed by atoms with Crippen LogP contribution in [0.5, 0.6) is 11.5 Å². The molecule has 0 aliphatic carbocycles. The van der Waals surface area contributed by atoms with Crippen molar-refractivity contribution in [2.24, 2.45) is 0 Å². The zero-order chi connectivity index (χ0) is 17.0. The Balaban J connectivity index is 2.15. The molecule has 0 bridgehead atoms. The number of benzene rings is 2. The van der Waals surface area contributed by atoms with Crippen LogP contribution in [0.4, 0.5) is 10.1 Å². The van der Waals surface area contributed by atoms with Gasteiger partial charge in [0.1, 0.15) is 18.2 Å². The molecule has 0 fully saturated rings. The number of Topliss-reactive ketones (excluding diaryl/α,β-unsaturated/α-hetero) is 1. The SMILES string of the molecule is COc1ccc(COc2ccc(C(C)=O)c(F)c2)cc1[N+](=O)[O-]. The molecule has 0 unspecified atom stereocenters. The van der Waals surface area contributed by atoms with E-state index in [0.717, 1.165) is 6.07 Å². The molecule has 120 valence electrons. The Kier molecular flexibility index (Phi) is 4.90. The van der Waals surface area contributed by atoms with Gasteiger partial charge in [0.15, 0.2) is 11.5 Å². The number of rotatable bonds is 6. The van der Waals surface area contributed by atoms with Gasteiger partial charge in [-0.25, -0.2) is 4.39 Å². The van der Waals surface area contributed by atoms with Crippen molar-refractivity contribution in [3.05, 3.63) is 63.5 Å². The van der Waals surface area contributed by atoms with Crippen LogP contribution in [-0.2, 0) is 6.61 Å². The van der Waals surface area contributed by atoms with E-state index in [-0.39, 0.29) is 35.1 Å². The van der Waals surface area contributed by atoms with E-state index in [1.807, 2.05) is 0 Å². The third-order valence-electron chi connectivity index (χ3n) is 3.17. The van der Waals surface area contributed by atoms with Crippen LogP contribution in [0, 0.1) is 15.9 Å². The molecule has 0 aromatic heterocycles. The zero-order valence-corrected chi connectivity index (χ0v) is 12.5. The monoisotopic (exact) mass is 319 g/mol. The van der Waals surface area contributed by atoms with E-state index in [2.05, 4.69) is 0 Å². The molecule has 0 aliphatic rings. The molecule has 0 radical (unpaired) electrons. The first-order chi connectivity index (χ1) is 10.9. The highest BCUT2D eigenvalue weighted by Gasteiger charge is 2.15. The quantitative estimate of drug-likeness (QED) is 0.462. The van der Waals surface area contributed by atoms with Crippen LogP contribution in [0.15, 0.2) is 36.4 Å². The molecule has 23 heavy (non-hydrogen) atoms. The number of methoxy groups -OCH3 is 1. The molecule has 6 nitrogen and oxygen atoms in total. The fourth-order valence-electron chi connectivity index (χ4n) is 2.01. The van der Waals surface area contributed by atoms with Gasteiger partial charge in [0.25, 0.3) is 0 Å². The molecule has 2 aromatic rings. The van der Waals surface area contributed by atoms with Crippen molar-refractivity contribution in [2.75, 3.05) is 7.11 Å².